The van der Waals surface area contributed by atoms with Crippen LogP contribution >= 0.6 is 0 Å². The molecule has 1 amide bonds. The number of imidazole rings is 1. The molecule has 0 aliphatic carbocycles. The predicted molar refractivity (Wildman–Crippen MR) is 125 cm³/mol. The average Bonchev–Trinajstić information content (AvgIpc) is 3.14. The first-order chi connectivity index (χ1) is 17.2. The van der Waals surface area contributed by atoms with Crippen LogP contribution in [0.3, 0.4) is 0 Å². The van der Waals surface area contributed by atoms with E-state index in [0.717, 1.165) is 18.2 Å². The van der Waals surface area contributed by atoms with Crippen molar-refractivity contribution in [3.63, 3.8) is 0 Å². The number of fused-ring (bicyclic) bond motifs is 1. The molecule has 0 saturated heterocycles. The van der Waals surface area contributed by atoms with Crippen LogP contribution in [0, 0.1) is 5.82 Å². The normalized spacial score (nSPS) is 12.1. The molecule has 4 aromatic rings. The average molecular weight is 503 g/mol. The number of aryl methyl sites for hydroxylation is 1. The van der Waals surface area contributed by atoms with Gasteiger partial charge < -0.3 is 24.7 Å². The minimum Gasteiger partial charge on any atom is -0.457 e. The van der Waals surface area contributed by atoms with E-state index < -0.39 is 18.4 Å². The van der Waals surface area contributed by atoms with Crippen molar-refractivity contribution in [1.82, 2.24) is 14.5 Å². The summed E-state index contributed by atoms with van der Waals surface area (Å²) in [7, 11) is 3.08. The van der Waals surface area contributed by atoms with Crippen molar-refractivity contribution in [3.05, 3.63) is 66.1 Å². The highest BCUT2D eigenvalue weighted by Gasteiger charge is 2.23. The fraction of sp³-hybridized carbons (Fsp3) is 0.208. The number of carbonyl (C=O) groups excluding carboxylic acids is 1. The molecule has 0 aliphatic rings. The largest absolute Gasteiger partial charge is 0.457 e. The second-order valence-electron chi connectivity index (χ2n) is 7.71. The van der Waals surface area contributed by atoms with Gasteiger partial charge in [0.05, 0.1) is 16.7 Å². The number of methoxy groups -OCH3 is 1. The standard InChI is InChI=1S/C24H21F4N5O3/c1-33-19-6-4-14(36-15-7-8-29-20(11-15)32-21(34)12-35-2)10-18(19)31-24(33)30-17-9-13(3-5-16(17)25)22(26)23(27)28/h3-11,22-23H,12H2,1-2H3,(H,30,31)(H,29,32,34). The van der Waals surface area contributed by atoms with Crippen LogP contribution < -0.4 is 15.4 Å². The molecular weight excluding hydrogens is 482 g/mol. The van der Waals surface area contributed by atoms with Gasteiger partial charge in [0, 0.05) is 32.5 Å². The molecule has 1 atom stereocenters. The Hall–Kier alpha value is -4.19. The molecule has 0 spiro atoms. The Labute approximate surface area is 202 Å². The minimum atomic E-state index is -3.23. The maximum Gasteiger partial charge on any atom is 0.273 e. The highest BCUT2D eigenvalue weighted by molar-refractivity contribution is 5.90. The Kier molecular flexibility index (Phi) is 7.34. The predicted octanol–water partition coefficient (Wildman–Crippen LogP) is 5.50. The molecular formula is C24H21F4N5O3. The van der Waals surface area contributed by atoms with E-state index in [9.17, 15) is 22.4 Å². The molecule has 4 rings (SSSR count). The molecule has 0 radical (unpaired) electrons. The summed E-state index contributed by atoms with van der Waals surface area (Å²) in [4.78, 5) is 20.2. The van der Waals surface area contributed by atoms with Gasteiger partial charge in [0.15, 0.2) is 6.17 Å². The summed E-state index contributed by atoms with van der Waals surface area (Å²) in [5.41, 5.74) is 0.622. The van der Waals surface area contributed by atoms with E-state index in [0.29, 0.717) is 22.5 Å². The summed E-state index contributed by atoms with van der Waals surface area (Å²) in [5.74, 6) is 0.213. The molecule has 2 heterocycles. The summed E-state index contributed by atoms with van der Waals surface area (Å²) < 4.78 is 65.8. The van der Waals surface area contributed by atoms with E-state index in [1.807, 2.05) is 0 Å². The zero-order valence-corrected chi connectivity index (χ0v) is 19.1. The summed E-state index contributed by atoms with van der Waals surface area (Å²) in [6, 6.07) is 11.1. The van der Waals surface area contributed by atoms with Gasteiger partial charge >= 0.3 is 0 Å². The van der Waals surface area contributed by atoms with E-state index in [1.165, 1.54) is 19.4 Å². The van der Waals surface area contributed by atoms with Crippen molar-refractivity contribution in [3.8, 4) is 11.5 Å². The van der Waals surface area contributed by atoms with Crippen molar-refractivity contribution in [1.29, 1.82) is 0 Å². The Balaban J connectivity index is 1.55. The van der Waals surface area contributed by atoms with E-state index in [2.05, 4.69) is 20.6 Å². The molecule has 2 aromatic carbocycles. The molecule has 0 aliphatic heterocycles. The second-order valence-corrected chi connectivity index (χ2v) is 7.71. The van der Waals surface area contributed by atoms with E-state index in [1.54, 1.807) is 35.9 Å². The number of nitrogens with one attached hydrogen (secondary N) is 2. The first-order valence-electron chi connectivity index (χ1n) is 10.6. The number of hydrogen-bond donors (Lipinski definition) is 2. The first kappa shape index (κ1) is 24.9. The van der Waals surface area contributed by atoms with Gasteiger partial charge in [0.2, 0.25) is 5.95 Å². The molecule has 0 bridgehead atoms. The summed E-state index contributed by atoms with van der Waals surface area (Å²) >= 11 is 0. The number of pyridine rings is 1. The number of hydrogen-bond acceptors (Lipinski definition) is 6. The number of amides is 1. The third kappa shape index (κ3) is 5.54. The van der Waals surface area contributed by atoms with Crippen LogP contribution in [0.1, 0.15) is 11.7 Å². The van der Waals surface area contributed by atoms with Crippen LogP contribution in [0.25, 0.3) is 11.0 Å². The maximum atomic E-state index is 14.3. The molecule has 12 heteroatoms. The number of ether oxygens (including phenoxy) is 2. The van der Waals surface area contributed by atoms with Gasteiger partial charge in [-0.05, 0) is 35.9 Å². The lowest BCUT2D eigenvalue weighted by molar-refractivity contribution is -0.119. The SMILES string of the molecule is COCC(=O)Nc1cc(Oc2ccc3c(c2)nc(Nc2cc(C(F)C(F)F)ccc2F)n3C)ccn1. The molecule has 0 fully saturated rings. The van der Waals surface area contributed by atoms with Crippen molar-refractivity contribution in [2.24, 2.45) is 7.05 Å². The number of aromatic nitrogens is 3. The van der Waals surface area contributed by atoms with Crippen molar-refractivity contribution in [2.45, 2.75) is 12.6 Å². The number of carbonyl (C=O) groups is 1. The van der Waals surface area contributed by atoms with E-state index >= 15 is 0 Å². The van der Waals surface area contributed by atoms with Crippen molar-refractivity contribution < 1.29 is 31.8 Å². The van der Waals surface area contributed by atoms with Crippen LogP contribution in [0.5, 0.6) is 11.5 Å². The Morgan fingerprint density at radius 2 is 1.86 bits per heavy atom. The highest BCUT2D eigenvalue weighted by Crippen LogP contribution is 2.31. The number of alkyl halides is 3. The lowest BCUT2D eigenvalue weighted by atomic mass is 10.1. The summed E-state index contributed by atoms with van der Waals surface area (Å²) in [5, 5.41) is 5.31. The van der Waals surface area contributed by atoms with E-state index in [4.69, 9.17) is 9.47 Å². The van der Waals surface area contributed by atoms with Crippen LogP contribution in [-0.2, 0) is 16.6 Å². The van der Waals surface area contributed by atoms with Gasteiger partial charge in [-0.25, -0.2) is 27.5 Å². The van der Waals surface area contributed by atoms with Crippen LogP contribution in [0.15, 0.2) is 54.7 Å². The zero-order chi connectivity index (χ0) is 25.8. The molecule has 2 N–H and O–H groups in total. The smallest absolute Gasteiger partial charge is 0.273 e. The molecule has 0 saturated carbocycles. The second kappa shape index (κ2) is 10.6. The van der Waals surface area contributed by atoms with Gasteiger partial charge in [-0.15, -0.1) is 0 Å². The monoisotopic (exact) mass is 503 g/mol. The van der Waals surface area contributed by atoms with Crippen LogP contribution in [0.2, 0.25) is 0 Å². The molecule has 1 unspecified atom stereocenters. The van der Waals surface area contributed by atoms with Crippen LogP contribution in [-0.4, -0.2) is 40.6 Å². The van der Waals surface area contributed by atoms with Crippen LogP contribution in [0.4, 0.5) is 35.0 Å². The van der Waals surface area contributed by atoms with Gasteiger partial charge in [-0.1, -0.05) is 6.07 Å². The van der Waals surface area contributed by atoms with Crippen molar-refractivity contribution >= 4 is 34.4 Å². The fourth-order valence-corrected chi connectivity index (χ4v) is 3.42. The Morgan fingerprint density at radius 1 is 1.08 bits per heavy atom. The molecule has 8 nitrogen and oxygen atoms in total. The Morgan fingerprint density at radius 3 is 2.61 bits per heavy atom. The highest BCUT2D eigenvalue weighted by atomic mass is 19.3. The number of halogens is 4. The zero-order valence-electron chi connectivity index (χ0n) is 19.1. The van der Waals surface area contributed by atoms with Gasteiger partial charge in [0.25, 0.3) is 12.3 Å². The number of benzene rings is 2. The lowest BCUT2D eigenvalue weighted by Gasteiger charge is -2.12. The molecule has 36 heavy (non-hydrogen) atoms. The number of anilines is 3. The van der Waals surface area contributed by atoms with Gasteiger partial charge in [0.1, 0.15) is 29.7 Å². The minimum absolute atomic E-state index is 0.117. The quantitative estimate of drug-likeness (QED) is 0.293. The first-order valence-corrected chi connectivity index (χ1v) is 10.6. The van der Waals surface area contributed by atoms with Gasteiger partial charge in [-0.3, -0.25) is 4.79 Å². The van der Waals surface area contributed by atoms with Gasteiger partial charge in [-0.2, -0.15) is 0 Å². The summed E-state index contributed by atoms with van der Waals surface area (Å²) in [6.07, 6.45) is -4.29. The topological polar surface area (TPSA) is 90.3 Å². The number of rotatable bonds is 9. The maximum absolute atomic E-state index is 14.3. The fourth-order valence-electron chi connectivity index (χ4n) is 3.42. The third-order valence-corrected chi connectivity index (χ3v) is 5.14. The molecule has 2 aromatic heterocycles. The summed E-state index contributed by atoms with van der Waals surface area (Å²) in [6.45, 7) is -0.117. The number of nitrogens with zero attached hydrogens (tertiary/aromatic N) is 3. The van der Waals surface area contributed by atoms with Crippen molar-refractivity contribution in [2.75, 3.05) is 24.4 Å². The molecule has 188 valence electrons. The lowest BCUT2D eigenvalue weighted by Crippen LogP contribution is -2.17. The third-order valence-electron chi connectivity index (χ3n) is 5.14. The van der Waals surface area contributed by atoms with E-state index in [-0.39, 0.29) is 35.5 Å². The Bertz CT molecular complexity index is 1400.